The van der Waals surface area contributed by atoms with Crippen LogP contribution in [0.25, 0.3) is 10.9 Å². The maximum absolute atomic E-state index is 12.5. The Morgan fingerprint density at radius 1 is 1.23 bits per heavy atom. The highest BCUT2D eigenvalue weighted by molar-refractivity contribution is 9.10. The van der Waals surface area contributed by atoms with Gasteiger partial charge in [0.1, 0.15) is 6.54 Å². The average Bonchev–Trinajstić information content (AvgIpc) is 2.63. The molecule has 5 nitrogen and oxygen atoms in total. The van der Waals surface area contributed by atoms with Crippen LogP contribution in [0.5, 0.6) is 0 Å². The van der Waals surface area contributed by atoms with E-state index in [1.54, 1.807) is 12.1 Å². The summed E-state index contributed by atoms with van der Waals surface area (Å²) in [5, 5.41) is 3.44. The lowest BCUT2D eigenvalue weighted by atomic mass is 10.1. The number of rotatable bonds is 6. The molecule has 1 atom stereocenters. The summed E-state index contributed by atoms with van der Waals surface area (Å²) in [5.41, 5.74) is 1.64. The minimum atomic E-state index is -0.219. The molecule has 0 fully saturated rings. The van der Waals surface area contributed by atoms with Crippen LogP contribution in [-0.4, -0.2) is 21.5 Å². The number of aromatic nitrogens is 2. The Bertz CT molecular complexity index is 970. The van der Waals surface area contributed by atoms with Gasteiger partial charge in [-0.15, -0.1) is 0 Å². The molecule has 1 N–H and O–H groups in total. The molecule has 1 aromatic heterocycles. The maximum Gasteiger partial charge on any atom is 0.261 e. The number of hydrogen-bond donors (Lipinski definition) is 1. The third-order valence-corrected chi connectivity index (χ3v) is 4.71. The lowest BCUT2D eigenvalue weighted by Crippen LogP contribution is -2.37. The monoisotopic (exact) mass is 413 g/mol. The van der Waals surface area contributed by atoms with Gasteiger partial charge in [0.2, 0.25) is 5.91 Å². The Labute approximate surface area is 160 Å². The van der Waals surface area contributed by atoms with Crippen LogP contribution in [0, 0.1) is 0 Å². The van der Waals surface area contributed by atoms with Gasteiger partial charge in [-0.05, 0) is 43.5 Å². The highest BCUT2D eigenvalue weighted by Crippen LogP contribution is 2.14. The van der Waals surface area contributed by atoms with E-state index in [0.717, 1.165) is 17.3 Å². The van der Waals surface area contributed by atoms with Crippen LogP contribution in [0.4, 0.5) is 0 Å². The lowest BCUT2D eigenvalue weighted by molar-refractivity contribution is -0.122. The van der Waals surface area contributed by atoms with Gasteiger partial charge in [0.15, 0.2) is 0 Å². The van der Waals surface area contributed by atoms with Crippen LogP contribution in [0.3, 0.4) is 0 Å². The Morgan fingerprint density at radius 3 is 2.77 bits per heavy atom. The quantitative estimate of drug-likeness (QED) is 0.673. The van der Waals surface area contributed by atoms with Crippen molar-refractivity contribution in [3.05, 3.63) is 75.2 Å². The first-order valence-electron chi connectivity index (χ1n) is 8.51. The van der Waals surface area contributed by atoms with Crippen molar-refractivity contribution in [2.24, 2.45) is 0 Å². The number of benzene rings is 2. The minimum Gasteiger partial charge on any atom is -0.352 e. The molecule has 0 aliphatic carbocycles. The molecular weight excluding hydrogens is 394 g/mol. The smallest absolute Gasteiger partial charge is 0.261 e. The zero-order valence-corrected chi connectivity index (χ0v) is 16.1. The number of halogens is 1. The van der Waals surface area contributed by atoms with Gasteiger partial charge in [-0.25, -0.2) is 4.98 Å². The van der Waals surface area contributed by atoms with Gasteiger partial charge in [-0.2, -0.15) is 0 Å². The fourth-order valence-electron chi connectivity index (χ4n) is 2.82. The first-order valence-corrected chi connectivity index (χ1v) is 9.30. The number of nitrogens with one attached hydrogen (secondary N) is 1. The third kappa shape index (κ3) is 4.58. The summed E-state index contributed by atoms with van der Waals surface area (Å²) in [6, 6.07) is 15.5. The molecule has 3 rings (SSSR count). The van der Waals surface area contributed by atoms with E-state index in [1.807, 2.05) is 31.2 Å². The predicted octanol–water partition coefficient (Wildman–Crippen LogP) is 3.30. The Morgan fingerprint density at radius 2 is 2.00 bits per heavy atom. The molecule has 0 unspecified atom stereocenters. The van der Waals surface area contributed by atoms with Crippen molar-refractivity contribution >= 4 is 32.7 Å². The topological polar surface area (TPSA) is 64.0 Å². The zero-order valence-electron chi connectivity index (χ0n) is 14.5. The van der Waals surface area contributed by atoms with Crippen molar-refractivity contribution in [2.45, 2.75) is 32.4 Å². The van der Waals surface area contributed by atoms with Crippen molar-refractivity contribution in [3.8, 4) is 0 Å². The van der Waals surface area contributed by atoms with Gasteiger partial charge >= 0.3 is 0 Å². The standard InChI is InChI=1S/C20H20BrN3O2/c1-14(7-8-15-5-3-2-4-6-15)23-19(25)12-24-13-22-18-10-9-16(21)11-17(18)20(24)26/h2-6,9-11,13-14H,7-8,12H2,1H3,(H,23,25)/t14-/m1/s1. The van der Waals surface area contributed by atoms with E-state index in [9.17, 15) is 9.59 Å². The largest absolute Gasteiger partial charge is 0.352 e. The molecule has 6 heteroatoms. The molecule has 3 aromatic rings. The van der Waals surface area contributed by atoms with Gasteiger partial charge < -0.3 is 5.32 Å². The second-order valence-electron chi connectivity index (χ2n) is 6.33. The van der Waals surface area contributed by atoms with E-state index in [1.165, 1.54) is 16.5 Å². The fourth-order valence-corrected chi connectivity index (χ4v) is 3.18. The molecule has 1 heterocycles. The number of fused-ring (bicyclic) bond motifs is 1. The number of nitrogens with zero attached hydrogens (tertiary/aromatic N) is 2. The molecule has 134 valence electrons. The van der Waals surface area contributed by atoms with E-state index in [4.69, 9.17) is 0 Å². The van der Waals surface area contributed by atoms with Crippen LogP contribution in [0.15, 0.2) is 64.1 Å². The molecule has 0 radical (unpaired) electrons. The number of amides is 1. The molecule has 2 aromatic carbocycles. The van der Waals surface area contributed by atoms with E-state index in [0.29, 0.717) is 10.9 Å². The van der Waals surface area contributed by atoms with Gasteiger partial charge in [0.05, 0.1) is 17.2 Å². The maximum atomic E-state index is 12.5. The van der Waals surface area contributed by atoms with Crippen molar-refractivity contribution < 1.29 is 4.79 Å². The highest BCUT2D eigenvalue weighted by atomic mass is 79.9. The first kappa shape index (κ1) is 18.3. The fraction of sp³-hybridized carbons (Fsp3) is 0.250. The van der Waals surface area contributed by atoms with Crippen LogP contribution in [0.2, 0.25) is 0 Å². The van der Waals surface area contributed by atoms with Crippen LogP contribution in [0.1, 0.15) is 18.9 Å². The summed E-state index contributed by atoms with van der Waals surface area (Å²) in [4.78, 5) is 29.1. The summed E-state index contributed by atoms with van der Waals surface area (Å²) in [6.45, 7) is 1.93. The summed E-state index contributed by atoms with van der Waals surface area (Å²) >= 11 is 3.36. The molecular formula is C20H20BrN3O2. The molecule has 0 saturated heterocycles. The predicted molar refractivity (Wildman–Crippen MR) is 106 cm³/mol. The first-order chi connectivity index (χ1) is 12.5. The summed E-state index contributed by atoms with van der Waals surface area (Å²) in [5.74, 6) is -0.191. The van der Waals surface area contributed by atoms with Crippen molar-refractivity contribution in [1.29, 1.82) is 0 Å². The SMILES string of the molecule is C[C@H](CCc1ccccc1)NC(=O)Cn1cnc2ccc(Br)cc2c1=O. The van der Waals surface area contributed by atoms with Gasteiger partial charge in [-0.3, -0.25) is 14.2 Å². The highest BCUT2D eigenvalue weighted by Gasteiger charge is 2.11. The molecule has 0 aliphatic rings. The van der Waals surface area contributed by atoms with Gasteiger partial charge in [-0.1, -0.05) is 46.3 Å². The Kier molecular flexibility index (Phi) is 5.83. The van der Waals surface area contributed by atoms with Crippen molar-refractivity contribution in [2.75, 3.05) is 0 Å². The second kappa shape index (κ2) is 8.27. The normalized spacial score (nSPS) is 12.1. The third-order valence-electron chi connectivity index (χ3n) is 4.22. The number of carbonyl (C=O) groups excluding carboxylic acids is 1. The number of aryl methyl sites for hydroxylation is 1. The van der Waals surface area contributed by atoms with Crippen molar-refractivity contribution in [3.63, 3.8) is 0 Å². The van der Waals surface area contributed by atoms with E-state index >= 15 is 0 Å². The van der Waals surface area contributed by atoms with E-state index < -0.39 is 0 Å². The average molecular weight is 414 g/mol. The van der Waals surface area contributed by atoms with Gasteiger partial charge in [0.25, 0.3) is 5.56 Å². The second-order valence-corrected chi connectivity index (χ2v) is 7.25. The zero-order chi connectivity index (χ0) is 18.5. The summed E-state index contributed by atoms with van der Waals surface area (Å²) in [7, 11) is 0. The van der Waals surface area contributed by atoms with Crippen molar-refractivity contribution in [1.82, 2.24) is 14.9 Å². The van der Waals surface area contributed by atoms with Crippen LogP contribution >= 0.6 is 15.9 Å². The van der Waals surface area contributed by atoms with Gasteiger partial charge in [0, 0.05) is 10.5 Å². The van der Waals surface area contributed by atoms with Crippen LogP contribution < -0.4 is 10.9 Å². The molecule has 0 aliphatic heterocycles. The molecule has 0 saturated carbocycles. The number of carbonyl (C=O) groups is 1. The molecule has 0 spiro atoms. The molecule has 0 bridgehead atoms. The van der Waals surface area contributed by atoms with E-state index in [-0.39, 0.29) is 24.1 Å². The molecule has 26 heavy (non-hydrogen) atoms. The van der Waals surface area contributed by atoms with E-state index in [2.05, 4.69) is 38.4 Å². The minimum absolute atomic E-state index is 0.0287. The number of hydrogen-bond acceptors (Lipinski definition) is 3. The van der Waals surface area contributed by atoms with Crippen LogP contribution in [-0.2, 0) is 17.8 Å². The summed E-state index contributed by atoms with van der Waals surface area (Å²) in [6.07, 6.45) is 3.16. The Hall–Kier alpha value is -2.47. The summed E-state index contributed by atoms with van der Waals surface area (Å²) < 4.78 is 2.15. The lowest BCUT2D eigenvalue weighted by Gasteiger charge is -2.14. The molecule has 1 amide bonds. The Balaban J connectivity index is 1.62.